The standard InChI is InChI=1S/C20H18BrClN2O2/c1-3-13(2)26-19-8-7-14(10-18(19)22)9-15(12-23)20(25)24-17-6-4-5-16(21)11-17/h4-11,13H,3H2,1-2H3,(H,24,25)/b15-9-/t13-/m1/s1. The second-order valence-corrected chi connectivity index (χ2v) is 6.98. The second-order valence-electron chi connectivity index (χ2n) is 5.66. The van der Waals surface area contributed by atoms with Gasteiger partial charge in [-0.2, -0.15) is 5.26 Å². The molecule has 0 saturated heterocycles. The highest BCUT2D eigenvalue weighted by molar-refractivity contribution is 9.10. The number of carbonyl (C=O) groups is 1. The zero-order valence-corrected chi connectivity index (χ0v) is 16.8. The first-order valence-corrected chi connectivity index (χ1v) is 9.25. The number of ether oxygens (including phenoxy) is 1. The van der Waals surface area contributed by atoms with Gasteiger partial charge in [-0.05, 0) is 55.3 Å². The maximum atomic E-state index is 12.3. The minimum atomic E-state index is -0.485. The fraction of sp³-hybridized carbons (Fsp3) is 0.200. The van der Waals surface area contributed by atoms with E-state index in [0.717, 1.165) is 10.9 Å². The minimum absolute atomic E-state index is 0.0170. The van der Waals surface area contributed by atoms with Gasteiger partial charge in [0.25, 0.3) is 5.91 Å². The first-order chi connectivity index (χ1) is 12.4. The van der Waals surface area contributed by atoms with E-state index in [4.69, 9.17) is 16.3 Å². The van der Waals surface area contributed by atoms with Gasteiger partial charge in [0, 0.05) is 10.2 Å². The van der Waals surface area contributed by atoms with Gasteiger partial charge in [0.05, 0.1) is 11.1 Å². The summed E-state index contributed by atoms with van der Waals surface area (Å²) in [7, 11) is 0. The molecule has 1 amide bonds. The summed E-state index contributed by atoms with van der Waals surface area (Å²) in [6.07, 6.45) is 2.41. The molecule has 0 fully saturated rings. The third kappa shape index (κ3) is 5.62. The molecule has 2 aromatic carbocycles. The molecule has 134 valence electrons. The molecular weight excluding hydrogens is 416 g/mol. The van der Waals surface area contributed by atoms with E-state index in [1.54, 1.807) is 36.4 Å². The number of hydrogen-bond acceptors (Lipinski definition) is 3. The molecule has 0 aliphatic heterocycles. The Bertz CT molecular complexity index is 874. The molecule has 1 atom stereocenters. The molecule has 6 heteroatoms. The van der Waals surface area contributed by atoms with E-state index in [0.29, 0.717) is 22.0 Å². The smallest absolute Gasteiger partial charge is 0.266 e. The van der Waals surface area contributed by atoms with E-state index in [2.05, 4.69) is 21.2 Å². The lowest BCUT2D eigenvalue weighted by Crippen LogP contribution is -2.13. The Morgan fingerprint density at radius 2 is 2.15 bits per heavy atom. The van der Waals surface area contributed by atoms with Gasteiger partial charge in [0.1, 0.15) is 17.4 Å². The Kier molecular flexibility index (Phi) is 7.26. The zero-order chi connectivity index (χ0) is 19.1. The maximum absolute atomic E-state index is 12.3. The van der Waals surface area contributed by atoms with Crippen LogP contribution in [-0.2, 0) is 4.79 Å². The van der Waals surface area contributed by atoms with Gasteiger partial charge in [0.2, 0.25) is 0 Å². The zero-order valence-electron chi connectivity index (χ0n) is 14.4. The SMILES string of the molecule is CC[C@@H](C)Oc1ccc(/C=C(/C#N)C(=O)Nc2cccc(Br)c2)cc1Cl. The fourth-order valence-electron chi connectivity index (χ4n) is 2.08. The van der Waals surface area contributed by atoms with Crippen LogP contribution in [0.1, 0.15) is 25.8 Å². The van der Waals surface area contributed by atoms with Gasteiger partial charge >= 0.3 is 0 Å². The molecule has 0 aliphatic rings. The number of benzene rings is 2. The van der Waals surface area contributed by atoms with E-state index < -0.39 is 5.91 Å². The van der Waals surface area contributed by atoms with Crippen LogP contribution < -0.4 is 10.1 Å². The summed E-state index contributed by atoms with van der Waals surface area (Å²) in [6.45, 7) is 3.99. The number of carbonyl (C=O) groups excluding carboxylic acids is 1. The van der Waals surface area contributed by atoms with Gasteiger partial charge < -0.3 is 10.1 Å². The van der Waals surface area contributed by atoms with Crippen molar-refractivity contribution in [1.82, 2.24) is 0 Å². The number of anilines is 1. The third-order valence-electron chi connectivity index (χ3n) is 3.62. The molecule has 0 aliphatic carbocycles. The first kappa shape index (κ1) is 20.0. The molecular formula is C20H18BrClN2O2. The average Bonchev–Trinajstić information content (AvgIpc) is 2.61. The van der Waals surface area contributed by atoms with Crippen molar-refractivity contribution in [3.63, 3.8) is 0 Å². The number of rotatable bonds is 6. The van der Waals surface area contributed by atoms with Crippen molar-refractivity contribution in [2.75, 3.05) is 5.32 Å². The normalized spacial score (nSPS) is 12.2. The van der Waals surface area contributed by atoms with Crippen LogP contribution >= 0.6 is 27.5 Å². The van der Waals surface area contributed by atoms with Crippen molar-refractivity contribution in [3.05, 3.63) is 63.1 Å². The van der Waals surface area contributed by atoms with Gasteiger partial charge in [0.15, 0.2) is 0 Å². The Morgan fingerprint density at radius 1 is 1.38 bits per heavy atom. The van der Waals surface area contributed by atoms with Crippen LogP contribution in [0, 0.1) is 11.3 Å². The van der Waals surface area contributed by atoms with E-state index in [1.807, 2.05) is 26.0 Å². The molecule has 0 aromatic heterocycles. The van der Waals surface area contributed by atoms with Crippen molar-refractivity contribution in [2.45, 2.75) is 26.4 Å². The van der Waals surface area contributed by atoms with Crippen molar-refractivity contribution >= 4 is 45.2 Å². The summed E-state index contributed by atoms with van der Waals surface area (Å²) < 4.78 is 6.55. The quantitative estimate of drug-likeness (QED) is 0.461. The van der Waals surface area contributed by atoms with Crippen molar-refractivity contribution in [3.8, 4) is 11.8 Å². The van der Waals surface area contributed by atoms with E-state index in [1.165, 1.54) is 6.08 Å². The third-order valence-corrected chi connectivity index (χ3v) is 4.41. The topological polar surface area (TPSA) is 62.1 Å². The molecule has 0 saturated carbocycles. The fourth-order valence-corrected chi connectivity index (χ4v) is 2.72. The minimum Gasteiger partial charge on any atom is -0.489 e. The lowest BCUT2D eigenvalue weighted by atomic mass is 10.1. The summed E-state index contributed by atoms with van der Waals surface area (Å²) in [4.78, 5) is 12.3. The van der Waals surface area contributed by atoms with Gasteiger partial charge in [-0.3, -0.25) is 4.79 Å². The van der Waals surface area contributed by atoms with Crippen molar-refractivity contribution in [1.29, 1.82) is 5.26 Å². The van der Waals surface area contributed by atoms with E-state index >= 15 is 0 Å². The maximum Gasteiger partial charge on any atom is 0.266 e. The molecule has 0 spiro atoms. The largest absolute Gasteiger partial charge is 0.489 e. The van der Waals surface area contributed by atoms with Gasteiger partial charge in [-0.25, -0.2) is 0 Å². The van der Waals surface area contributed by atoms with Crippen LogP contribution in [0.15, 0.2) is 52.5 Å². The lowest BCUT2D eigenvalue weighted by Gasteiger charge is -2.14. The van der Waals surface area contributed by atoms with Crippen LogP contribution in [0.4, 0.5) is 5.69 Å². The summed E-state index contributed by atoms with van der Waals surface area (Å²) in [5.74, 6) is 0.0944. The Balaban J connectivity index is 2.18. The predicted octanol–water partition coefficient (Wildman–Crippen LogP) is 5.83. The lowest BCUT2D eigenvalue weighted by molar-refractivity contribution is -0.112. The molecule has 2 aromatic rings. The second kappa shape index (κ2) is 9.42. The number of nitrogens with one attached hydrogen (secondary N) is 1. The summed E-state index contributed by atoms with van der Waals surface area (Å²) in [5.41, 5.74) is 1.23. The summed E-state index contributed by atoms with van der Waals surface area (Å²) in [6, 6.07) is 14.2. The molecule has 26 heavy (non-hydrogen) atoms. The Morgan fingerprint density at radius 3 is 2.77 bits per heavy atom. The number of amides is 1. The highest BCUT2D eigenvalue weighted by atomic mass is 79.9. The van der Waals surface area contributed by atoms with Crippen molar-refractivity contribution in [2.24, 2.45) is 0 Å². The first-order valence-electron chi connectivity index (χ1n) is 8.07. The van der Waals surface area contributed by atoms with Crippen LogP contribution in [0.3, 0.4) is 0 Å². The van der Waals surface area contributed by atoms with E-state index in [-0.39, 0.29) is 11.7 Å². The molecule has 0 radical (unpaired) electrons. The molecule has 1 N–H and O–H groups in total. The number of halogens is 2. The molecule has 0 bridgehead atoms. The molecule has 2 rings (SSSR count). The number of nitrogens with zero attached hydrogens (tertiary/aromatic N) is 1. The Hall–Kier alpha value is -2.29. The number of hydrogen-bond donors (Lipinski definition) is 1. The highest BCUT2D eigenvalue weighted by Gasteiger charge is 2.11. The molecule has 0 unspecified atom stereocenters. The Labute approximate surface area is 166 Å². The summed E-state index contributed by atoms with van der Waals surface area (Å²) in [5, 5.41) is 12.4. The monoisotopic (exact) mass is 432 g/mol. The van der Waals surface area contributed by atoms with Gasteiger partial charge in [-0.1, -0.05) is 46.6 Å². The molecule has 0 heterocycles. The van der Waals surface area contributed by atoms with Gasteiger partial charge in [-0.15, -0.1) is 0 Å². The average molecular weight is 434 g/mol. The van der Waals surface area contributed by atoms with Crippen LogP contribution in [0.5, 0.6) is 5.75 Å². The predicted molar refractivity (Wildman–Crippen MR) is 108 cm³/mol. The van der Waals surface area contributed by atoms with Crippen LogP contribution in [0.25, 0.3) is 6.08 Å². The highest BCUT2D eigenvalue weighted by Crippen LogP contribution is 2.28. The van der Waals surface area contributed by atoms with E-state index in [9.17, 15) is 10.1 Å². The molecule has 4 nitrogen and oxygen atoms in total. The van der Waals surface area contributed by atoms with Crippen LogP contribution in [0.2, 0.25) is 5.02 Å². The van der Waals surface area contributed by atoms with Crippen LogP contribution in [-0.4, -0.2) is 12.0 Å². The number of nitriles is 1. The summed E-state index contributed by atoms with van der Waals surface area (Å²) >= 11 is 9.58. The van der Waals surface area contributed by atoms with Crippen molar-refractivity contribution < 1.29 is 9.53 Å².